The highest BCUT2D eigenvalue weighted by molar-refractivity contribution is 9.10. The highest BCUT2D eigenvalue weighted by Gasteiger charge is 2.17. The van der Waals surface area contributed by atoms with E-state index in [0.29, 0.717) is 5.75 Å². The lowest BCUT2D eigenvalue weighted by Crippen LogP contribution is -2.03. The molecule has 0 heterocycles. The first-order chi connectivity index (χ1) is 8.63. The van der Waals surface area contributed by atoms with Crippen molar-refractivity contribution in [2.45, 2.75) is 13.0 Å². The second-order valence-electron chi connectivity index (χ2n) is 4.17. The van der Waals surface area contributed by atoms with Crippen LogP contribution in [0.5, 0.6) is 5.75 Å². The Bertz CT molecular complexity index is 552. The lowest BCUT2D eigenvalue weighted by atomic mass is 9.99. The number of aliphatic hydroxyl groups is 1. The number of benzene rings is 2. The van der Waals surface area contributed by atoms with Gasteiger partial charge in [0.15, 0.2) is 0 Å². The van der Waals surface area contributed by atoms with Crippen LogP contribution in [0.3, 0.4) is 0 Å². The minimum Gasteiger partial charge on any atom is -0.496 e. The van der Waals surface area contributed by atoms with E-state index in [1.54, 1.807) is 7.11 Å². The van der Waals surface area contributed by atoms with Gasteiger partial charge in [-0.05, 0) is 30.7 Å². The first kappa shape index (κ1) is 13.1. The van der Waals surface area contributed by atoms with Gasteiger partial charge in [0.2, 0.25) is 0 Å². The maximum Gasteiger partial charge on any atom is 0.125 e. The largest absolute Gasteiger partial charge is 0.496 e. The first-order valence-corrected chi connectivity index (χ1v) is 6.50. The summed E-state index contributed by atoms with van der Waals surface area (Å²) >= 11 is 3.46. The van der Waals surface area contributed by atoms with Gasteiger partial charge in [0, 0.05) is 10.0 Å². The molecule has 0 aliphatic carbocycles. The summed E-state index contributed by atoms with van der Waals surface area (Å²) in [5, 5.41) is 10.5. The summed E-state index contributed by atoms with van der Waals surface area (Å²) in [7, 11) is 1.61. The van der Waals surface area contributed by atoms with Crippen LogP contribution in [0.25, 0.3) is 0 Å². The standard InChI is InChI=1S/C15H15BrO2/c1-10-7-8-14(18-2)12(9-10)15(17)11-5-3-4-6-13(11)16/h3-9,15,17H,1-2H3/t15-/m0/s1. The quantitative estimate of drug-likeness (QED) is 0.933. The van der Waals surface area contributed by atoms with Crippen molar-refractivity contribution in [1.29, 1.82) is 0 Å². The summed E-state index contributed by atoms with van der Waals surface area (Å²) in [4.78, 5) is 0. The molecule has 0 radical (unpaired) electrons. The van der Waals surface area contributed by atoms with Crippen LogP contribution in [-0.4, -0.2) is 12.2 Å². The zero-order valence-electron chi connectivity index (χ0n) is 10.4. The van der Waals surface area contributed by atoms with E-state index in [9.17, 15) is 5.11 Å². The fraction of sp³-hybridized carbons (Fsp3) is 0.200. The molecule has 0 aliphatic rings. The smallest absolute Gasteiger partial charge is 0.125 e. The van der Waals surface area contributed by atoms with E-state index in [-0.39, 0.29) is 0 Å². The van der Waals surface area contributed by atoms with Crippen LogP contribution in [0.4, 0.5) is 0 Å². The molecule has 0 aliphatic heterocycles. The number of aryl methyl sites for hydroxylation is 1. The molecule has 18 heavy (non-hydrogen) atoms. The Balaban J connectivity index is 2.48. The number of ether oxygens (including phenoxy) is 1. The summed E-state index contributed by atoms with van der Waals surface area (Å²) in [5.41, 5.74) is 2.71. The topological polar surface area (TPSA) is 29.5 Å². The molecule has 2 aromatic carbocycles. The van der Waals surface area contributed by atoms with Gasteiger partial charge in [0.25, 0.3) is 0 Å². The van der Waals surface area contributed by atoms with Crippen molar-refractivity contribution in [2.75, 3.05) is 7.11 Å². The minimum absolute atomic E-state index is 0.698. The number of rotatable bonds is 3. The van der Waals surface area contributed by atoms with E-state index >= 15 is 0 Å². The Morgan fingerprint density at radius 3 is 2.50 bits per heavy atom. The van der Waals surface area contributed by atoms with E-state index in [0.717, 1.165) is 21.2 Å². The number of methoxy groups -OCH3 is 1. The Morgan fingerprint density at radius 1 is 1.11 bits per heavy atom. The van der Waals surface area contributed by atoms with Crippen molar-refractivity contribution >= 4 is 15.9 Å². The minimum atomic E-state index is -0.699. The normalized spacial score (nSPS) is 12.2. The van der Waals surface area contributed by atoms with Gasteiger partial charge in [0.1, 0.15) is 11.9 Å². The molecule has 0 bridgehead atoms. The van der Waals surface area contributed by atoms with Crippen LogP contribution in [0.15, 0.2) is 46.9 Å². The first-order valence-electron chi connectivity index (χ1n) is 5.70. The van der Waals surface area contributed by atoms with E-state index in [1.165, 1.54) is 0 Å². The lowest BCUT2D eigenvalue weighted by Gasteiger charge is -2.17. The number of hydrogen-bond acceptors (Lipinski definition) is 2. The Labute approximate surface area is 115 Å². The Kier molecular flexibility index (Phi) is 4.04. The highest BCUT2D eigenvalue weighted by Crippen LogP contribution is 2.33. The van der Waals surface area contributed by atoms with Gasteiger partial charge in [-0.1, -0.05) is 45.8 Å². The van der Waals surface area contributed by atoms with Crippen LogP contribution in [0, 0.1) is 6.92 Å². The molecule has 1 atom stereocenters. The van der Waals surface area contributed by atoms with Gasteiger partial charge in [-0.3, -0.25) is 0 Å². The van der Waals surface area contributed by atoms with Crippen molar-refractivity contribution < 1.29 is 9.84 Å². The van der Waals surface area contributed by atoms with E-state index in [4.69, 9.17) is 4.74 Å². The number of hydrogen-bond donors (Lipinski definition) is 1. The molecule has 2 aromatic rings. The third kappa shape index (κ3) is 2.57. The summed E-state index contributed by atoms with van der Waals surface area (Å²) in [5.74, 6) is 0.698. The lowest BCUT2D eigenvalue weighted by molar-refractivity contribution is 0.214. The summed E-state index contributed by atoms with van der Waals surface area (Å²) in [6.07, 6.45) is -0.699. The molecule has 2 nitrogen and oxygen atoms in total. The van der Waals surface area contributed by atoms with Crippen LogP contribution in [0.2, 0.25) is 0 Å². The SMILES string of the molecule is COc1ccc(C)cc1[C@@H](O)c1ccccc1Br. The fourth-order valence-electron chi connectivity index (χ4n) is 1.93. The van der Waals surface area contributed by atoms with Crippen molar-refractivity contribution in [3.8, 4) is 5.75 Å². The van der Waals surface area contributed by atoms with E-state index < -0.39 is 6.10 Å². The van der Waals surface area contributed by atoms with Gasteiger partial charge >= 0.3 is 0 Å². The van der Waals surface area contributed by atoms with Crippen LogP contribution >= 0.6 is 15.9 Å². The third-order valence-electron chi connectivity index (χ3n) is 2.88. The molecule has 94 valence electrons. The van der Waals surface area contributed by atoms with Crippen LogP contribution in [-0.2, 0) is 0 Å². The molecule has 3 heteroatoms. The van der Waals surface area contributed by atoms with Crippen molar-refractivity contribution in [3.05, 3.63) is 63.6 Å². The average molecular weight is 307 g/mol. The Hall–Kier alpha value is -1.32. The molecule has 0 amide bonds. The highest BCUT2D eigenvalue weighted by atomic mass is 79.9. The van der Waals surface area contributed by atoms with Gasteiger partial charge in [-0.15, -0.1) is 0 Å². The average Bonchev–Trinajstić information content (AvgIpc) is 2.38. The fourth-order valence-corrected chi connectivity index (χ4v) is 2.43. The molecular weight excluding hydrogens is 292 g/mol. The van der Waals surface area contributed by atoms with Crippen LogP contribution in [0.1, 0.15) is 22.8 Å². The zero-order valence-corrected chi connectivity index (χ0v) is 11.9. The molecule has 0 spiro atoms. The predicted octanol–water partition coefficient (Wildman–Crippen LogP) is 3.85. The van der Waals surface area contributed by atoms with Crippen LogP contribution < -0.4 is 4.74 Å². The Morgan fingerprint density at radius 2 is 1.83 bits per heavy atom. The van der Waals surface area contributed by atoms with Gasteiger partial charge in [-0.2, -0.15) is 0 Å². The van der Waals surface area contributed by atoms with E-state index in [2.05, 4.69) is 15.9 Å². The van der Waals surface area contributed by atoms with Gasteiger partial charge < -0.3 is 9.84 Å². The second-order valence-corrected chi connectivity index (χ2v) is 5.02. The monoisotopic (exact) mass is 306 g/mol. The summed E-state index contributed by atoms with van der Waals surface area (Å²) in [6, 6.07) is 13.4. The molecule has 2 rings (SSSR count). The van der Waals surface area contributed by atoms with Crippen molar-refractivity contribution in [3.63, 3.8) is 0 Å². The van der Waals surface area contributed by atoms with Gasteiger partial charge in [0.05, 0.1) is 7.11 Å². The molecule has 0 saturated heterocycles. The molecular formula is C15H15BrO2. The summed E-state index contributed by atoms with van der Waals surface area (Å²) in [6.45, 7) is 2.00. The zero-order chi connectivity index (χ0) is 13.1. The van der Waals surface area contributed by atoms with E-state index in [1.807, 2.05) is 49.4 Å². The second kappa shape index (κ2) is 5.55. The molecule has 0 aromatic heterocycles. The predicted molar refractivity (Wildman–Crippen MR) is 75.9 cm³/mol. The number of aliphatic hydroxyl groups excluding tert-OH is 1. The van der Waals surface area contributed by atoms with Gasteiger partial charge in [-0.25, -0.2) is 0 Å². The number of halogens is 1. The maximum absolute atomic E-state index is 10.5. The van der Waals surface area contributed by atoms with Crippen molar-refractivity contribution in [2.24, 2.45) is 0 Å². The van der Waals surface area contributed by atoms with Crippen molar-refractivity contribution in [1.82, 2.24) is 0 Å². The summed E-state index contributed by atoms with van der Waals surface area (Å²) < 4.78 is 6.20. The molecule has 0 fully saturated rings. The maximum atomic E-state index is 10.5. The third-order valence-corrected chi connectivity index (χ3v) is 3.60. The molecule has 0 unspecified atom stereocenters. The molecule has 1 N–H and O–H groups in total. The molecule has 0 saturated carbocycles.